The van der Waals surface area contributed by atoms with Gasteiger partial charge in [-0.25, -0.2) is 0 Å². The van der Waals surface area contributed by atoms with Crippen LogP contribution in [0.5, 0.6) is 0 Å². The molecular formula is C9H14ClFN2. The van der Waals surface area contributed by atoms with E-state index in [4.69, 9.17) is 11.6 Å². The molecule has 74 valence electrons. The summed E-state index contributed by atoms with van der Waals surface area (Å²) >= 11 is 6.01. The maximum absolute atomic E-state index is 11.8. The second-order valence-electron chi connectivity index (χ2n) is 2.96. The fourth-order valence-electron chi connectivity index (χ4n) is 1.12. The van der Waals surface area contributed by atoms with Crippen molar-refractivity contribution < 1.29 is 4.39 Å². The number of hydrogen-bond acceptors (Lipinski definition) is 1. The van der Waals surface area contributed by atoms with Crippen molar-refractivity contribution >= 4 is 11.6 Å². The lowest BCUT2D eigenvalue weighted by Crippen LogP contribution is -1.98. The van der Waals surface area contributed by atoms with Crippen LogP contribution in [0.4, 0.5) is 4.39 Å². The Balaban J connectivity index is 2.53. The molecule has 0 bridgehead atoms. The Morgan fingerprint density at radius 3 is 3.08 bits per heavy atom. The van der Waals surface area contributed by atoms with Gasteiger partial charge in [0.2, 0.25) is 0 Å². The molecule has 0 radical (unpaired) electrons. The van der Waals surface area contributed by atoms with Crippen LogP contribution in [0.2, 0.25) is 0 Å². The smallest absolute Gasteiger partial charge is 0.0912 e. The number of halogens is 2. The summed E-state index contributed by atoms with van der Waals surface area (Å²) in [4.78, 5) is 0. The van der Waals surface area contributed by atoms with Gasteiger partial charge in [0.1, 0.15) is 0 Å². The van der Waals surface area contributed by atoms with Crippen LogP contribution < -0.4 is 0 Å². The average Bonchev–Trinajstić information content (AvgIpc) is 2.62. The molecule has 1 heterocycles. The van der Waals surface area contributed by atoms with Gasteiger partial charge < -0.3 is 0 Å². The van der Waals surface area contributed by atoms with Crippen LogP contribution in [0.1, 0.15) is 30.7 Å². The lowest BCUT2D eigenvalue weighted by molar-refractivity contribution is 0.434. The Morgan fingerprint density at radius 1 is 1.69 bits per heavy atom. The Kier molecular flexibility index (Phi) is 4.22. The molecule has 0 aliphatic heterocycles. The second kappa shape index (κ2) is 5.22. The van der Waals surface area contributed by atoms with E-state index in [1.54, 1.807) is 10.9 Å². The maximum Gasteiger partial charge on any atom is 0.0912 e. The zero-order valence-electron chi connectivity index (χ0n) is 7.71. The largest absolute Gasteiger partial charge is 0.272 e. The third kappa shape index (κ3) is 2.99. The van der Waals surface area contributed by atoms with Crippen LogP contribution in [0, 0.1) is 0 Å². The predicted molar refractivity (Wildman–Crippen MR) is 51.7 cm³/mol. The van der Waals surface area contributed by atoms with Crippen molar-refractivity contribution in [1.29, 1.82) is 0 Å². The van der Waals surface area contributed by atoms with Crippen molar-refractivity contribution in [2.24, 2.45) is 0 Å². The molecule has 0 spiro atoms. The third-order valence-electron chi connectivity index (χ3n) is 1.89. The van der Waals surface area contributed by atoms with Gasteiger partial charge in [-0.2, -0.15) is 5.10 Å². The molecule has 0 aliphatic rings. The molecule has 13 heavy (non-hydrogen) atoms. The Bertz CT molecular complexity index is 250. The summed E-state index contributed by atoms with van der Waals surface area (Å²) in [6.07, 6.45) is 5.03. The zero-order valence-corrected chi connectivity index (χ0v) is 8.47. The average molecular weight is 205 g/mol. The van der Waals surface area contributed by atoms with Gasteiger partial charge in [0.05, 0.1) is 18.2 Å². The molecule has 1 aromatic heterocycles. The highest BCUT2D eigenvalue weighted by molar-refractivity contribution is 6.20. The first kappa shape index (κ1) is 10.5. The van der Waals surface area contributed by atoms with E-state index in [1.807, 2.05) is 13.1 Å². The van der Waals surface area contributed by atoms with Crippen molar-refractivity contribution in [3.05, 3.63) is 18.0 Å². The molecule has 0 saturated heterocycles. The van der Waals surface area contributed by atoms with Gasteiger partial charge in [0.15, 0.2) is 0 Å². The highest BCUT2D eigenvalue weighted by Crippen LogP contribution is 2.22. The quantitative estimate of drug-likeness (QED) is 0.675. The second-order valence-corrected chi connectivity index (χ2v) is 3.48. The fraction of sp³-hybridized carbons (Fsp3) is 0.667. The highest BCUT2D eigenvalue weighted by Gasteiger charge is 2.07. The van der Waals surface area contributed by atoms with E-state index in [-0.39, 0.29) is 12.1 Å². The van der Waals surface area contributed by atoms with Gasteiger partial charge in [0, 0.05) is 18.3 Å². The van der Waals surface area contributed by atoms with E-state index in [2.05, 4.69) is 5.10 Å². The maximum atomic E-state index is 11.8. The van der Waals surface area contributed by atoms with Crippen LogP contribution in [-0.4, -0.2) is 16.5 Å². The van der Waals surface area contributed by atoms with Gasteiger partial charge in [-0.05, 0) is 12.8 Å². The standard InChI is InChI=1S/C9H14ClFN2/c1-2-9(10)8-6-12-13(7-8)5-3-4-11/h6-7,9H,2-5H2,1H3. The van der Waals surface area contributed by atoms with E-state index in [0.29, 0.717) is 13.0 Å². The van der Waals surface area contributed by atoms with Gasteiger partial charge in [-0.15, -0.1) is 11.6 Å². The SMILES string of the molecule is CCC(Cl)c1cnn(CCCF)c1. The summed E-state index contributed by atoms with van der Waals surface area (Å²) in [6.45, 7) is 2.35. The molecule has 0 aliphatic carbocycles. The lowest BCUT2D eigenvalue weighted by Gasteiger charge is -2.00. The monoisotopic (exact) mass is 204 g/mol. The van der Waals surface area contributed by atoms with Gasteiger partial charge in [-0.3, -0.25) is 9.07 Å². The molecule has 1 atom stereocenters. The van der Waals surface area contributed by atoms with E-state index in [0.717, 1.165) is 12.0 Å². The topological polar surface area (TPSA) is 17.8 Å². The lowest BCUT2D eigenvalue weighted by atomic mass is 10.2. The van der Waals surface area contributed by atoms with Gasteiger partial charge in [0.25, 0.3) is 0 Å². The highest BCUT2D eigenvalue weighted by atomic mass is 35.5. The van der Waals surface area contributed by atoms with Crippen LogP contribution in [0.3, 0.4) is 0 Å². The summed E-state index contributed by atoms with van der Waals surface area (Å²) in [5, 5.41) is 4.12. The first-order chi connectivity index (χ1) is 6.27. The van der Waals surface area contributed by atoms with Crippen molar-refractivity contribution in [3.8, 4) is 0 Å². The molecule has 0 saturated carbocycles. The Hall–Kier alpha value is -0.570. The molecule has 0 fully saturated rings. The van der Waals surface area contributed by atoms with Crippen molar-refractivity contribution in [2.45, 2.75) is 31.7 Å². The summed E-state index contributed by atoms with van der Waals surface area (Å²) in [6, 6.07) is 0. The predicted octanol–water partition coefficient (Wildman–Crippen LogP) is 2.93. The summed E-state index contributed by atoms with van der Waals surface area (Å²) in [5.74, 6) is 0. The summed E-state index contributed by atoms with van der Waals surface area (Å²) < 4.78 is 13.6. The van der Waals surface area contributed by atoms with Crippen molar-refractivity contribution in [1.82, 2.24) is 9.78 Å². The zero-order chi connectivity index (χ0) is 9.68. The molecule has 0 amide bonds. The van der Waals surface area contributed by atoms with Crippen LogP contribution >= 0.6 is 11.6 Å². The molecule has 2 nitrogen and oxygen atoms in total. The molecular weight excluding hydrogens is 191 g/mol. The van der Waals surface area contributed by atoms with E-state index >= 15 is 0 Å². The Morgan fingerprint density at radius 2 is 2.46 bits per heavy atom. The molecule has 1 aromatic rings. The first-order valence-corrected chi connectivity index (χ1v) is 4.94. The van der Waals surface area contributed by atoms with Crippen molar-refractivity contribution in [2.75, 3.05) is 6.67 Å². The summed E-state index contributed by atoms with van der Waals surface area (Å²) in [7, 11) is 0. The van der Waals surface area contributed by atoms with E-state index < -0.39 is 0 Å². The van der Waals surface area contributed by atoms with Crippen molar-refractivity contribution in [3.63, 3.8) is 0 Å². The minimum absolute atomic E-state index is 0.0270. The molecule has 4 heteroatoms. The van der Waals surface area contributed by atoms with Gasteiger partial charge >= 0.3 is 0 Å². The summed E-state index contributed by atoms with van der Waals surface area (Å²) in [5.41, 5.74) is 1.02. The number of alkyl halides is 2. The molecule has 0 aromatic carbocycles. The number of aryl methyl sites for hydroxylation is 1. The van der Waals surface area contributed by atoms with E-state index in [9.17, 15) is 4.39 Å². The van der Waals surface area contributed by atoms with Gasteiger partial charge in [-0.1, -0.05) is 6.92 Å². The Labute approximate surface area is 82.7 Å². The minimum Gasteiger partial charge on any atom is -0.272 e. The fourth-order valence-corrected chi connectivity index (χ4v) is 1.23. The minimum atomic E-state index is -0.298. The number of hydrogen-bond donors (Lipinski definition) is 0. The number of nitrogens with zero attached hydrogens (tertiary/aromatic N) is 2. The number of aromatic nitrogens is 2. The van der Waals surface area contributed by atoms with Crippen LogP contribution in [0.25, 0.3) is 0 Å². The molecule has 1 unspecified atom stereocenters. The normalized spacial score (nSPS) is 13.2. The van der Waals surface area contributed by atoms with Crippen LogP contribution in [-0.2, 0) is 6.54 Å². The first-order valence-electron chi connectivity index (χ1n) is 4.50. The molecule has 1 rings (SSSR count). The van der Waals surface area contributed by atoms with E-state index in [1.165, 1.54) is 0 Å². The van der Waals surface area contributed by atoms with Crippen LogP contribution in [0.15, 0.2) is 12.4 Å². The molecule has 0 N–H and O–H groups in total. The number of rotatable bonds is 5. The third-order valence-corrected chi connectivity index (χ3v) is 2.45.